The third-order valence-corrected chi connectivity index (χ3v) is 5.70. The SMILES string of the molecule is CC(C)c1ccc2c(c1C1=CC(C(C)(C)C)=CC1)Cc1ccccc1-2. The molecule has 0 amide bonds. The molecule has 128 valence electrons. The molecule has 0 fully saturated rings. The topological polar surface area (TPSA) is 0 Å². The molecule has 4 rings (SSSR count). The van der Waals surface area contributed by atoms with Crippen molar-refractivity contribution < 1.29 is 0 Å². The lowest BCUT2D eigenvalue weighted by atomic mass is 9.84. The molecule has 0 aromatic heterocycles. The molecule has 0 N–H and O–H groups in total. The van der Waals surface area contributed by atoms with Gasteiger partial charge in [-0.15, -0.1) is 0 Å². The molecular formula is C25H28. The summed E-state index contributed by atoms with van der Waals surface area (Å²) in [6.07, 6.45) is 7.04. The average molecular weight is 328 g/mol. The van der Waals surface area contributed by atoms with Crippen molar-refractivity contribution in [2.75, 3.05) is 0 Å². The van der Waals surface area contributed by atoms with Crippen molar-refractivity contribution in [1.82, 2.24) is 0 Å². The molecule has 0 unspecified atom stereocenters. The molecule has 0 radical (unpaired) electrons. The number of benzene rings is 2. The van der Waals surface area contributed by atoms with Gasteiger partial charge in [-0.1, -0.05) is 83.2 Å². The van der Waals surface area contributed by atoms with Gasteiger partial charge in [-0.3, -0.25) is 0 Å². The molecule has 0 bridgehead atoms. The minimum absolute atomic E-state index is 0.223. The molecule has 0 saturated heterocycles. The predicted octanol–water partition coefficient (Wildman–Crippen LogP) is 7.14. The Bertz CT molecular complexity index is 898. The highest BCUT2D eigenvalue weighted by Crippen LogP contribution is 2.46. The molecule has 0 heterocycles. The van der Waals surface area contributed by atoms with Crippen molar-refractivity contribution in [3.8, 4) is 11.1 Å². The van der Waals surface area contributed by atoms with Crippen LogP contribution in [0.3, 0.4) is 0 Å². The lowest BCUT2D eigenvalue weighted by Gasteiger charge is -2.20. The van der Waals surface area contributed by atoms with Gasteiger partial charge in [0.1, 0.15) is 0 Å². The second kappa shape index (κ2) is 5.73. The Morgan fingerprint density at radius 1 is 0.920 bits per heavy atom. The van der Waals surface area contributed by atoms with Crippen molar-refractivity contribution in [2.45, 2.75) is 53.4 Å². The summed E-state index contributed by atoms with van der Waals surface area (Å²) in [4.78, 5) is 0. The zero-order valence-electron chi connectivity index (χ0n) is 16.1. The van der Waals surface area contributed by atoms with Gasteiger partial charge in [-0.2, -0.15) is 0 Å². The summed E-state index contributed by atoms with van der Waals surface area (Å²) >= 11 is 0. The second-order valence-corrected chi connectivity index (χ2v) is 8.83. The monoisotopic (exact) mass is 328 g/mol. The highest BCUT2D eigenvalue weighted by atomic mass is 14.3. The average Bonchev–Trinajstić information content (AvgIpc) is 3.18. The fourth-order valence-corrected chi connectivity index (χ4v) is 4.31. The highest BCUT2D eigenvalue weighted by molar-refractivity contribution is 5.87. The van der Waals surface area contributed by atoms with E-state index < -0.39 is 0 Å². The van der Waals surface area contributed by atoms with Crippen LogP contribution in [0, 0.1) is 5.41 Å². The van der Waals surface area contributed by atoms with Crippen molar-refractivity contribution in [1.29, 1.82) is 0 Å². The number of allylic oxidation sites excluding steroid dienone is 4. The van der Waals surface area contributed by atoms with Crippen molar-refractivity contribution in [2.24, 2.45) is 5.41 Å². The molecule has 0 saturated carbocycles. The molecule has 2 aromatic carbocycles. The van der Waals surface area contributed by atoms with Crippen LogP contribution >= 0.6 is 0 Å². The van der Waals surface area contributed by atoms with Crippen LogP contribution in [0.25, 0.3) is 16.7 Å². The van der Waals surface area contributed by atoms with Crippen molar-refractivity contribution in [3.63, 3.8) is 0 Å². The van der Waals surface area contributed by atoms with Gasteiger partial charge >= 0.3 is 0 Å². The van der Waals surface area contributed by atoms with Gasteiger partial charge in [0.2, 0.25) is 0 Å². The van der Waals surface area contributed by atoms with Gasteiger partial charge in [0, 0.05) is 0 Å². The van der Waals surface area contributed by atoms with E-state index in [2.05, 4.69) is 83.2 Å². The normalized spacial score (nSPS) is 15.9. The summed E-state index contributed by atoms with van der Waals surface area (Å²) in [5.41, 5.74) is 12.1. The Morgan fingerprint density at radius 2 is 1.68 bits per heavy atom. The van der Waals surface area contributed by atoms with E-state index in [0.29, 0.717) is 5.92 Å². The molecule has 2 aliphatic carbocycles. The molecule has 0 heteroatoms. The smallest absolute Gasteiger partial charge is 0.000730 e. The molecule has 25 heavy (non-hydrogen) atoms. The van der Waals surface area contributed by atoms with E-state index in [9.17, 15) is 0 Å². The first kappa shape index (κ1) is 16.4. The van der Waals surface area contributed by atoms with E-state index in [1.807, 2.05) is 0 Å². The van der Waals surface area contributed by atoms with Gasteiger partial charge in [-0.25, -0.2) is 0 Å². The van der Waals surface area contributed by atoms with Crippen LogP contribution in [0.1, 0.15) is 69.2 Å². The van der Waals surface area contributed by atoms with E-state index in [4.69, 9.17) is 0 Å². The summed E-state index contributed by atoms with van der Waals surface area (Å²) in [6.45, 7) is 11.6. The summed E-state index contributed by atoms with van der Waals surface area (Å²) in [7, 11) is 0. The van der Waals surface area contributed by atoms with Crippen LogP contribution in [0.15, 0.2) is 54.1 Å². The minimum Gasteiger partial charge on any atom is -0.0763 e. The first-order chi connectivity index (χ1) is 11.9. The summed E-state index contributed by atoms with van der Waals surface area (Å²) < 4.78 is 0. The first-order valence-electron chi connectivity index (χ1n) is 9.52. The van der Waals surface area contributed by atoms with Crippen molar-refractivity contribution >= 4 is 5.57 Å². The lowest BCUT2D eigenvalue weighted by Crippen LogP contribution is -2.06. The van der Waals surface area contributed by atoms with Gasteiger partial charge in [0.05, 0.1) is 0 Å². The molecule has 0 spiro atoms. The van der Waals surface area contributed by atoms with Crippen LogP contribution < -0.4 is 0 Å². The van der Waals surface area contributed by atoms with Gasteiger partial charge in [-0.05, 0) is 68.7 Å². The zero-order chi connectivity index (χ0) is 17.8. The van der Waals surface area contributed by atoms with Crippen LogP contribution in [-0.2, 0) is 6.42 Å². The minimum atomic E-state index is 0.223. The van der Waals surface area contributed by atoms with E-state index in [0.717, 1.165) is 12.8 Å². The first-order valence-corrected chi connectivity index (χ1v) is 9.52. The number of hydrogen-bond acceptors (Lipinski definition) is 0. The van der Waals surface area contributed by atoms with Crippen molar-refractivity contribution in [3.05, 3.63) is 76.4 Å². The summed E-state index contributed by atoms with van der Waals surface area (Å²) in [6, 6.07) is 13.6. The quantitative estimate of drug-likeness (QED) is 0.469. The molecule has 0 nitrogen and oxygen atoms in total. The Kier molecular flexibility index (Phi) is 3.76. The Balaban J connectivity index is 1.89. The third-order valence-electron chi connectivity index (χ3n) is 5.70. The number of fused-ring (bicyclic) bond motifs is 3. The molecule has 0 aliphatic heterocycles. The molecule has 2 aliphatic rings. The van der Waals surface area contributed by atoms with Crippen LogP contribution in [0.5, 0.6) is 0 Å². The maximum atomic E-state index is 2.46. The second-order valence-electron chi connectivity index (χ2n) is 8.83. The summed E-state index contributed by atoms with van der Waals surface area (Å²) in [5, 5.41) is 0. The van der Waals surface area contributed by atoms with E-state index >= 15 is 0 Å². The maximum absolute atomic E-state index is 2.46. The Morgan fingerprint density at radius 3 is 2.36 bits per heavy atom. The van der Waals surface area contributed by atoms with Gasteiger partial charge in [0.15, 0.2) is 0 Å². The molecule has 0 atom stereocenters. The molecule has 2 aromatic rings. The van der Waals surface area contributed by atoms with Crippen LogP contribution in [0.2, 0.25) is 0 Å². The van der Waals surface area contributed by atoms with E-state index in [1.54, 1.807) is 5.56 Å². The van der Waals surface area contributed by atoms with E-state index in [1.165, 1.54) is 39.0 Å². The number of rotatable bonds is 2. The van der Waals surface area contributed by atoms with Crippen LogP contribution in [0.4, 0.5) is 0 Å². The summed E-state index contributed by atoms with van der Waals surface area (Å²) in [5.74, 6) is 0.545. The highest BCUT2D eigenvalue weighted by Gasteiger charge is 2.27. The zero-order valence-corrected chi connectivity index (χ0v) is 16.1. The van der Waals surface area contributed by atoms with Gasteiger partial charge in [0.25, 0.3) is 0 Å². The Hall–Kier alpha value is -2.08. The molecular weight excluding hydrogens is 300 g/mol. The lowest BCUT2D eigenvalue weighted by molar-refractivity contribution is 0.518. The fraction of sp³-hybridized carbons (Fsp3) is 0.360. The maximum Gasteiger partial charge on any atom is -0.000730 e. The largest absolute Gasteiger partial charge is 0.0763 e. The standard InChI is InChI=1S/C25H28/c1-16(2)20-12-13-22-21-9-7-6-8-17(21)15-23(22)24(20)18-10-11-19(14-18)25(3,4)5/h6-9,11-14,16H,10,15H2,1-5H3. The number of hydrogen-bond donors (Lipinski definition) is 0. The fourth-order valence-electron chi connectivity index (χ4n) is 4.31. The van der Waals surface area contributed by atoms with Gasteiger partial charge < -0.3 is 0 Å². The third kappa shape index (κ3) is 2.68. The van der Waals surface area contributed by atoms with Crippen LogP contribution in [-0.4, -0.2) is 0 Å². The Labute approximate surface area is 152 Å². The van der Waals surface area contributed by atoms with E-state index in [-0.39, 0.29) is 5.41 Å². The predicted molar refractivity (Wildman–Crippen MR) is 109 cm³/mol.